The van der Waals surface area contributed by atoms with Crippen molar-refractivity contribution in [3.8, 4) is 11.5 Å². The molecule has 0 aromatic heterocycles. The molecule has 1 aromatic rings. The fraction of sp³-hybridized carbons (Fsp3) is 0.333. The molecule has 0 saturated heterocycles. The number of carbonyl (C=O) groups excluding carboxylic acids is 1. The number of hydrogen-bond donors (Lipinski definition) is 1. The maximum Gasteiger partial charge on any atom is 0.314 e. The molecule has 0 radical (unpaired) electrons. The van der Waals surface area contributed by atoms with E-state index in [9.17, 15) is 9.59 Å². The van der Waals surface area contributed by atoms with Gasteiger partial charge in [0.15, 0.2) is 17.3 Å². The number of carbonyl (C=O) groups is 2. The van der Waals surface area contributed by atoms with E-state index >= 15 is 0 Å². The van der Waals surface area contributed by atoms with Gasteiger partial charge in [0.05, 0.1) is 14.2 Å². The van der Waals surface area contributed by atoms with Crippen LogP contribution >= 0.6 is 0 Å². The molecule has 0 aliphatic carbocycles. The van der Waals surface area contributed by atoms with Gasteiger partial charge in [-0.05, 0) is 25.1 Å². The lowest BCUT2D eigenvalue weighted by molar-refractivity contribution is -0.139. The van der Waals surface area contributed by atoms with Gasteiger partial charge >= 0.3 is 5.97 Å². The fourth-order valence-corrected chi connectivity index (χ4v) is 1.35. The fourth-order valence-electron chi connectivity index (χ4n) is 1.35. The highest BCUT2D eigenvalue weighted by Gasteiger charge is 2.22. The number of hydrogen-bond acceptors (Lipinski definition) is 4. The molecule has 5 nitrogen and oxygen atoms in total. The lowest BCUT2D eigenvalue weighted by Crippen LogP contribution is -2.20. The van der Waals surface area contributed by atoms with Crippen LogP contribution in [0, 0.1) is 5.92 Å². The number of ether oxygens (including phenoxy) is 2. The summed E-state index contributed by atoms with van der Waals surface area (Å²) in [4.78, 5) is 22.5. The minimum Gasteiger partial charge on any atom is -0.493 e. The van der Waals surface area contributed by atoms with Gasteiger partial charge < -0.3 is 14.6 Å². The zero-order chi connectivity index (χ0) is 13.0. The number of ketones is 1. The average Bonchev–Trinajstić information content (AvgIpc) is 2.35. The molecule has 1 atom stereocenters. The Labute approximate surface area is 99.0 Å². The van der Waals surface area contributed by atoms with Crippen LogP contribution in [0.2, 0.25) is 0 Å². The minimum absolute atomic E-state index is 0.289. The van der Waals surface area contributed by atoms with Crippen molar-refractivity contribution in [1.29, 1.82) is 0 Å². The second-order valence-corrected chi connectivity index (χ2v) is 3.49. The Morgan fingerprint density at radius 2 is 1.76 bits per heavy atom. The molecular formula is C12H14O5. The van der Waals surface area contributed by atoms with Crippen LogP contribution in [0.4, 0.5) is 0 Å². The Morgan fingerprint density at radius 3 is 2.24 bits per heavy atom. The van der Waals surface area contributed by atoms with Crippen LogP contribution in [-0.2, 0) is 4.79 Å². The van der Waals surface area contributed by atoms with E-state index in [0.29, 0.717) is 11.5 Å². The van der Waals surface area contributed by atoms with Crippen LogP contribution in [-0.4, -0.2) is 31.1 Å². The summed E-state index contributed by atoms with van der Waals surface area (Å²) in [6.07, 6.45) is 0. The van der Waals surface area contributed by atoms with Gasteiger partial charge in [-0.2, -0.15) is 0 Å². The monoisotopic (exact) mass is 238 g/mol. The van der Waals surface area contributed by atoms with E-state index in [0.717, 1.165) is 0 Å². The lowest BCUT2D eigenvalue weighted by atomic mass is 9.99. The first-order valence-electron chi connectivity index (χ1n) is 5.00. The molecule has 1 unspecified atom stereocenters. The first kappa shape index (κ1) is 13.0. The van der Waals surface area contributed by atoms with Crippen molar-refractivity contribution in [2.24, 2.45) is 5.92 Å². The van der Waals surface area contributed by atoms with Crippen molar-refractivity contribution in [3.05, 3.63) is 23.8 Å². The molecule has 0 fully saturated rings. The second kappa shape index (κ2) is 5.34. The third-order valence-corrected chi connectivity index (χ3v) is 2.43. The average molecular weight is 238 g/mol. The summed E-state index contributed by atoms with van der Waals surface area (Å²) in [5.41, 5.74) is 0.289. The zero-order valence-electron chi connectivity index (χ0n) is 9.89. The Kier molecular flexibility index (Phi) is 4.09. The minimum atomic E-state index is -1.15. The smallest absolute Gasteiger partial charge is 0.314 e. The summed E-state index contributed by atoms with van der Waals surface area (Å²) in [5.74, 6) is -1.79. The molecule has 17 heavy (non-hydrogen) atoms. The first-order valence-corrected chi connectivity index (χ1v) is 5.00. The van der Waals surface area contributed by atoms with Crippen LogP contribution in [0.5, 0.6) is 11.5 Å². The molecule has 5 heteroatoms. The van der Waals surface area contributed by atoms with Crippen molar-refractivity contribution in [1.82, 2.24) is 0 Å². The maximum absolute atomic E-state index is 11.8. The number of benzene rings is 1. The predicted molar refractivity (Wildman–Crippen MR) is 60.7 cm³/mol. The summed E-state index contributed by atoms with van der Waals surface area (Å²) in [5, 5.41) is 8.76. The number of carboxylic acid groups (broad SMARTS) is 1. The molecule has 0 amide bonds. The summed E-state index contributed by atoms with van der Waals surface area (Å²) in [7, 11) is 2.94. The number of Topliss-reactive ketones (excluding diaryl/α,β-unsaturated/α-hetero) is 1. The maximum atomic E-state index is 11.8. The second-order valence-electron chi connectivity index (χ2n) is 3.49. The van der Waals surface area contributed by atoms with Crippen LogP contribution in [0.3, 0.4) is 0 Å². The van der Waals surface area contributed by atoms with Crippen molar-refractivity contribution in [3.63, 3.8) is 0 Å². The van der Waals surface area contributed by atoms with Gasteiger partial charge in [0.1, 0.15) is 5.92 Å². The molecule has 0 aliphatic rings. The van der Waals surface area contributed by atoms with E-state index in [1.807, 2.05) is 0 Å². The summed E-state index contributed by atoms with van der Waals surface area (Å²) in [6, 6.07) is 4.56. The summed E-state index contributed by atoms with van der Waals surface area (Å²) in [6.45, 7) is 1.35. The molecule has 0 bridgehead atoms. The number of rotatable bonds is 5. The van der Waals surface area contributed by atoms with Crippen molar-refractivity contribution < 1.29 is 24.2 Å². The van der Waals surface area contributed by atoms with Crippen LogP contribution < -0.4 is 9.47 Å². The van der Waals surface area contributed by atoms with E-state index in [2.05, 4.69) is 0 Å². The first-order chi connectivity index (χ1) is 8.01. The Bertz CT molecular complexity index is 439. The number of methoxy groups -OCH3 is 2. The topological polar surface area (TPSA) is 72.8 Å². The zero-order valence-corrected chi connectivity index (χ0v) is 9.89. The van der Waals surface area contributed by atoms with Crippen LogP contribution in [0.15, 0.2) is 18.2 Å². The highest BCUT2D eigenvalue weighted by molar-refractivity contribution is 6.08. The van der Waals surface area contributed by atoms with Crippen molar-refractivity contribution in [2.75, 3.05) is 14.2 Å². The van der Waals surface area contributed by atoms with E-state index in [-0.39, 0.29) is 5.56 Å². The molecule has 0 heterocycles. The summed E-state index contributed by atoms with van der Waals surface area (Å²) >= 11 is 0. The molecule has 92 valence electrons. The van der Waals surface area contributed by atoms with E-state index in [4.69, 9.17) is 14.6 Å². The molecule has 1 rings (SSSR count). The van der Waals surface area contributed by atoms with Gasteiger partial charge in [0, 0.05) is 5.56 Å². The molecule has 0 saturated carbocycles. The largest absolute Gasteiger partial charge is 0.493 e. The van der Waals surface area contributed by atoms with Gasteiger partial charge in [-0.25, -0.2) is 0 Å². The molecule has 0 spiro atoms. The highest BCUT2D eigenvalue weighted by Crippen LogP contribution is 2.28. The Morgan fingerprint density at radius 1 is 1.18 bits per heavy atom. The standard InChI is InChI=1S/C12H14O5/c1-7(12(14)15)11(13)8-4-5-9(16-2)10(6-8)17-3/h4-7H,1-3H3,(H,14,15). The highest BCUT2D eigenvalue weighted by atomic mass is 16.5. The molecule has 1 aromatic carbocycles. The molecule has 1 N–H and O–H groups in total. The third-order valence-electron chi connectivity index (χ3n) is 2.43. The van der Waals surface area contributed by atoms with Crippen molar-refractivity contribution >= 4 is 11.8 Å². The van der Waals surface area contributed by atoms with Gasteiger partial charge in [0.25, 0.3) is 0 Å². The van der Waals surface area contributed by atoms with E-state index < -0.39 is 17.7 Å². The predicted octanol–water partition coefficient (Wildman–Crippen LogP) is 1.61. The normalized spacial score (nSPS) is 11.7. The van der Waals surface area contributed by atoms with Gasteiger partial charge in [0.2, 0.25) is 0 Å². The summed E-state index contributed by atoms with van der Waals surface area (Å²) < 4.78 is 10.1. The van der Waals surface area contributed by atoms with Gasteiger partial charge in [-0.15, -0.1) is 0 Å². The van der Waals surface area contributed by atoms with E-state index in [1.54, 1.807) is 6.07 Å². The molecular weight excluding hydrogens is 224 g/mol. The Balaban J connectivity index is 3.08. The quantitative estimate of drug-likeness (QED) is 0.623. The number of carboxylic acids is 1. The lowest BCUT2D eigenvalue weighted by Gasteiger charge is -2.10. The van der Waals surface area contributed by atoms with E-state index in [1.165, 1.54) is 33.3 Å². The Hall–Kier alpha value is -2.04. The molecule has 0 aliphatic heterocycles. The number of aliphatic carboxylic acids is 1. The van der Waals surface area contributed by atoms with Crippen LogP contribution in [0.1, 0.15) is 17.3 Å². The van der Waals surface area contributed by atoms with Crippen molar-refractivity contribution in [2.45, 2.75) is 6.92 Å². The van der Waals surface area contributed by atoms with Crippen LogP contribution in [0.25, 0.3) is 0 Å². The third kappa shape index (κ3) is 2.75. The van der Waals surface area contributed by atoms with Gasteiger partial charge in [-0.1, -0.05) is 0 Å². The van der Waals surface area contributed by atoms with Gasteiger partial charge in [-0.3, -0.25) is 9.59 Å². The SMILES string of the molecule is COc1ccc(C(=O)C(C)C(=O)O)cc1OC.